The van der Waals surface area contributed by atoms with E-state index in [0.717, 1.165) is 0 Å². The Hall–Kier alpha value is -1.44. The van der Waals surface area contributed by atoms with Crippen molar-refractivity contribution < 1.29 is 10.2 Å². The van der Waals surface area contributed by atoms with Crippen molar-refractivity contribution in [2.75, 3.05) is 13.1 Å². The molecule has 106 valence electrons. The average Bonchev–Trinajstić information content (AvgIpc) is 2.41. The predicted octanol–water partition coefficient (Wildman–Crippen LogP) is -1.51. The summed E-state index contributed by atoms with van der Waals surface area (Å²) >= 11 is 0. The fourth-order valence-corrected chi connectivity index (χ4v) is 2.51. The van der Waals surface area contributed by atoms with Gasteiger partial charge in [-0.25, -0.2) is 4.79 Å². The van der Waals surface area contributed by atoms with E-state index in [4.69, 9.17) is 0 Å². The molecule has 0 unspecified atom stereocenters. The zero-order valence-corrected chi connectivity index (χ0v) is 11.0. The van der Waals surface area contributed by atoms with Gasteiger partial charge in [-0.15, -0.1) is 0 Å². The second-order valence-electron chi connectivity index (χ2n) is 5.37. The van der Waals surface area contributed by atoms with Crippen molar-refractivity contribution in [1.29, 1.82) is 0 Å². The molecule has 19 heavy (non-hydrogen) atoms. The quantitative estimate of drug-likeness (QED) is 0.496. The number of aliphatic hydroxyl groups is 2. The van der Waals surface area contributed by atoms with Gasteiger partial charge in [0.2, 0.25) is 0 Å². The van der Waals surface area contributed by atoms with E-state index in [0.29, 0.717) is 18.7 Å². The lowest BCUT2D eigenvalue weighted by molar-refractivity contribution is -0.0236. The monoisotopic (exact) mass is 269 g/mol. The maximum atomic E-state index is 11.9. The van der Waals surface area contributed by atoms with Gasteiger partial charge in [0.1, 0.15) is 0 Å². The highest BCUT2D eigenvalue weighted by Crippen LogP contribution is 2.27. The summed E-state index contributed by atoms with van der Waals surface area (Å²) < 4.78 is 1.32. The van der Waals surface area contributed by atoms with Crippen LogP contribution in [0.5, 0.6) is 0 Å². The van der Waals surface area contributed by atoms with Crippen LogP contribution in [0.15, 0.2) is 15.8 Å². The van der Waals surface area contributed by atoms with Crippen molar-refractivity contribution in [2.24, 2.45) is 0 Å². The number of rotatable bonds is 1. The molecule has 1 aliphatic heterocycles. The Morgan fingerprint density at radius 2 is 2.11 bits per heavy atom. The Bertz CT molecular complexity index is 575. The molecule has 0 aliphatic carbocycles. The van der Waals surface area contributed by atoms with Crippen molar-refractivity contribution in [3.63, 3.8) is 0 Å². The minimum Gasteiger partial charge on any atom is -0.392 e. The first kappa shape index (κ1) is 14.0. The number of nitrogens with zero attached hydrogens (tertiary/aromatic N) is 1. The summed E-state index contributed by atoms with van der Waals surface area (Å²) in [7, 11) is 0. The van der Waals surface area contributed by atoms with Crippen LogP contribution in [0.4, 0.5) is 0 Å². The summed E-state index contributed by atoms with van der Waals surface area (Å²) in [5, 5.41) is 23.2. The number of aliphatic hydroxyl groups excluding tert-OH is 1. The molecule has 0 aromatic carbocycles. The highest BCUT2D eigenvalue weighted by Gasteiger charge is 2.38. The lowest BCUT2D eigenvalue weighted by Crippen LogP contribution is -2.46. The van der Waals surface area contributed by atoms with Gasteiger partial charge in [0, 0.05) is 31.3 Å². The average molecular weight is 269 g/mol. The Morgan fingerprint density at radius 1 is 1.42 bits per heavy atom. The standard InChI is InChI=1S/C12H19N3O4/c1-7-6-15(11(18)14-10(7)17)9-5-13-4-8(16)3-12(9,2)19/h6,8-9,13,16,19H,3-5H2,1-2H3,(H,14,17,18)/t8-,9+,12+/m1/s1. The number of H-pyrrole nitrogens is 1. The van der Waals surface area contributed by atoms with E-state index in [1.165, 1.54) is 10.8 Å². The van der Waals surface area contributed by atoms with Crippen LogP contribution in [-0.2, 0) is 0 Å². The SMILES string of the molecule is Cc1cn([C@H]2CNC[C@H](O)C[C@]2(C)O)c(=O)[nH]c1=O. The topological polar surface area (TPSA) is 107 Å². The number of hydrogen-bond acceptors (Lipinski definition) is 5. The number of aromatic nitrogens is 2. The first-order valence-corrected chi connectivity index (χ1v) is 6.24. The molecule has 4 N–H and O–H groups in total. The van der Waals surface area contributed by atoms with Crippen LogP contribution in [0.25, 0.3) is 0 Å². The Kier molecular flexibility index (Phi) is 3.62. The zero-order valence-electron chi connectivity index (χ0n) is 11.0. The van der Waals surface area contributed by atoms with Gasteiger partial charge >= 0.3 is 5.69 Å². The number of aromatic amines is 1. The van der Waals surface area contributed by atoms with Crippen LogP contribution in [0.1, 0.15) is 24.9 Å². The van der Waals surface area contributed by atoms with Crippen LogP contribution in [0, 0.1) is 6.92 Å². The molecule has 0 amide bonds. The van der Waals surface area contributed by atoms with Crippen LogP contribution in [-0.4, -0.2) is 44.6 Å². The molecule has 1 aromatic heterocycles. The molecule has 1 aromatic rings. The van der Waals surface area contributed by atoms with E-state index < -0.39 is 29.0 Å². The molecule has 0 spiro atoms. The Balaban J connectivity index is 2.47. The second-order valence-corrected chi connectivity index (χ2v) is 5.37. The largest absolute Gasteiger partial charge is 0.392 e. The van der Waals surface area contributed by atoms with Gasteiger partial charge < -0.3 is 15.5 Å². The number of hydrogen-bond donors (Lipinski definition) is 4. The van der Waals surface area contributed by atoms with Gasteiger partial charge in [0.15, 0.2) is 0 Å². The summed E-state index contributed by atoms with van der Waals surface area (Å²) in [6, 6.07) is -0.548. The maximum Gasteiger partial charge on any atom is 0.328 e. The molecular weight excluding hydrogens is 250 g/mol. The summed E-state index contributed by atoms with van der Waals surface area (Å²) in [5.41, 5.74) is -1.82. The molecule has 1 fully saturated rings. The van der Waals surface area contributed by atoms with Crippen molar-refractivity contribution in [3.05, 3.63) is 32.6 Å². The van der Waals surface area contributed by atoms with Gasteiger partial charge in [-0.2, -0.15) is 0 Å². The van der Waals surface area contributed by atoms with Gasteiger partial charge in [0.05, 0.1) is 17.7 Å². The molecule has 1 saturated heterocycles. The second kappa shape index (κ2) is 4.92. The summed E-state index contributed by atoms with van der Waals surface area (Å²) in [6.45, 7) is 3.89. The van der Waals surface area contributed by atoms with E-state index >= 15 is 0 Å². The molecule has 0 saturated carbocycles. The van der Waals surface area contributed by atoms with E-state index in [1.54, 1.807) is 13.8 Å². The molecule has 0 bridgehead atoms. The minimum atomic E-state index is -1.24. The minimum absolute atomic E-state index is 0.162. The first-order chi connectivity index (χ1) is 8.81. The van der Waals surface area contributed by atoms with Crippen LogP contribution in [0.2, 0.25) is 0 Å². The first-order valence-electron chi connectivity index (χ1n) is 6.24. The third-order valence-electron chi connectivity index (χ3n) is 3.57. The van der Waals surface area contributed by atoms with Crippen LogP contribution in [0.3, 0.4) is 0 Å². The maximum absolute atomic E-state index is 11.9. The van der Waals surface area contributed by atoms with Crippen LogP contribution < -0.4 is 16.6 Å². The molecule has 1 aliphatic rings. The zero-order chi connectivity index (χ0) is 14.2. The smallest absolute Gasteiger partial charge is 0.328 e. The number of nitrogens with one attached hydrogen (secondary N) is 2. The van der Waals surface area contributed by atoms with Crippen molar-refractivity contribution in [1.82, 2.24) is 14.9 Å². The third kappa shape index (κ3) is 2.78. The Labute approximate surface area is 109 Å². The molecule has 2 heterocycles. The highest BCUT2D eigenvalue weighted by atomic mass is 16.3. The van der Waals surface area contributed by atoms with Gasteiger partial charge in [0.25, 0.3) is 5.56 Å². The lowest BCUT2D eigenvalue weighted by Gasteiger charge is -2.32. The fourth-order valence-electron chi connectivity index (χ4n) is 2.51. The van der Waals surface area contributed by atoms with E-state index in [9.17, 15) is 19.8 Å². The number of aryl methyl sites for hydroxylation is 1. The predicted molar refractivity (Wildman–Crippen MR) is 69.2 cm³/mol. The van der Waals surface area contributed by atoms with E-state index in [2.05, 4.69) is 10.3 Å². The van der Waals surface area contributed by atoms with Crippen molar-refractivity contribution >= 4 is 0 Å². The summed E-state index contributed by atoms with van der Waals surface area (Å²) in [4.78, 5) is 25.5. The normalized spacial score (nSPS) is 32.0. The van der Waals surface area contributed by atoms with E-state index in [-0.39, 0.29) is 6.42 Å². The molecule has 3 atom stereocenters. The molecular formula is C12H19N3O4. The molecule has 2 rings (SSSR count). The van der Waals surface area contributed by atoms with Crippen molar-refractivity contribution in [3.8, 4) is 0 Å². The third-order valence-corrected chi connectivity index (χ3v) is 3.57. The summed E-state index contributed by atoms with van der Waals surface area (Å²) in [6.07, 6.45) is 0.939. The van der Waals surface area contributed by atoms with E-state index in [1.807, 2.05) is 0 Å². The van der Waals surface area contributed by atoms with Gasteiger partial charge in [-0.05, 0) is 13.8 Å². The lowest BCUT2D eigenvalue weighted by atomic mass is 9.91. The van der Waals surface area contributed by atoms with Crippen LogP contribution >= 0.6 is 0 Å². The van der Waals surface area contributed by atoms with Crippen molar-refractivity contribution in [2.45, 2.75) is 38.0 Å². The van der Waals surface area contributed by atoms with Gasteiger partial charge in [-0.3, -0.25) is 14.3 Å². The molecule has 7 heteroatoms. The van der Waals surface area contributed by atoms with Gasteiger partial charge in [-0.1, -0.05) is 0 Å². The number of β-amino-alcohol motifs (C(OH)–C–C–N with tert-alkyl or cyclic N) is 1. The summed E-state index contributed by atoms with van der Waals surface area (Å²) in [5.74, 6) is 0. The molecule has 7 nitrogen and oxygen atoms in total. The fraction of sp³-hybridized carbons (Fsp3) is 0.667. The highest BCUT2D eigenvalue weighted by molar-refractivity contribution is 5.04. The Morgan fingerprint density at radius 3 is 2.79 bits per heavy atom. The molecule has 0 radical (unpaired) electrons.